The summed E-state index contributed by atoms with van der Waals surface area (Å²) in [6.07, 6.45) is -0.951. The third kappa shape index (κ3) is 12.9. The minimum Gasteiger partial charge on any atom is -0.850 e. The zero-order valence-corrected chi connectivity index (χ0v) is 24.0. The number of carbonyl (C=O) groups excluding carboxylic acids is 2. The van der Waals surface area contributed by atoms with Gasteiger partial charge in [-0.05, 0) is 12.1 Å². The average Bonchev–Trinajstić information content (AvgIpc) is 2.80. The molecule has 0 aromatic heterocycles. The first-order chi connectivity index (χ1) is 17.3. The fourth-order valence-electron chi connectivity index (χ4n) is 2.44. The first-order valence-corrected chi connectivity index (χ1v) is 10.6. The Kier molecular flexibility index (Phi) is 15.4. The average molecular weight is 545 g/mol. The summed E-state index contributed by atoms with van der Waals surface area (Å²) in [6, 6.07) is 7.61. The molecule has 0 spiro atoms. The van der Waals surface area contributed by atoms with Crippen LogP contribution in [-0.4, -0.2) is 61.0 Å². The van der Waals surface area contributed by atoms with Gasteiger partial charge in [-0.3, -0.25) is 19.7 Å². The number of hydrogen-bond donors (Lipinski definition) is 1. The molecule has 38 heavy (non-hydrogen) atoms. The summed E-state index contributed by atoms with van der Waals surface area (Å²) in [5, 5.41) is 29.8. The van der Waals surface area contributed by atoms with Crippen LogP contribution in [0.5, 0.6) is 23.0 Å². The molecule has 0 atom stereocenters. The van der Waals surface area contributed by atoms with Gasteiger partial charge in [-0.15, -0.1) is 5.60 Å². The van der Waals surface area contributed by atoms with Crippen molar-refractivity contribution in [3.8, 4) is 23.0 Å². The second-order valence-corrected chi connectivity index (χ2v) is 8.19. The smallest absolute Gasteiger partial charge is 0.850 e. The SMILES string of the molecule is CC(C)(C)[O-].COCOc1cc(OCOC)c(C(=O)CC(=O)C(=O)O)c(Oc2ccc([N+](=O)[O-])cc2)c1.[Na+]. The number of carboxylic acid groups (broad SMARTS) is 1. The van der Waals surface area contributed by atoms with Gasteiger partial charge in [0.05, 0.1) is 11.3 Å². The zero-order valence-electron chi connectivity index (χ0n) is 22.0. The fourth-order valence-corrected chi connectivity index (χ4v) is 2.44. The molecular weight excluding hydrogens is 517 g/mol. The number of ketones is 2. The molecule has 2 aromatic rings. The Morgan fingerprint density at radius 2 is 1.42 bits per heavy atom. The van der Waals surface area contributed by atoms with E-state index in [2.05, 4.69) is 0 Å². The molecule has 2 rings (SSSR count). The predicted octanol–water partition coefficient (Wildman–Crippen LogP) is -0.272. The maximum Gasteiger partial charge on any atom is 1.00 e. The van der Waals surface area contributed by atoms with Gasteiger partial charge in [0.1, 0.15) is 28.6 Å². The Bertz CT molecular complexity index is 1090. The molecule has 0 heterocycles. The maximum absolute atomic E-state index is 12.8. The van der Waals surface area contributed by atoms with Crippen molar-refractivity contribution in [2.24, 2.45) is 0 Å². The molecule has 0 saturated carbocycles. The third-order valence-corrected chi connectivity index (χ3v) is 3.83. The van der Waals surface area contributed by atoms with Gasteiger partial charge in [-0.1, -0.05) is 20.8 Å². The molecule has 14 heteroatoms. The van der Waals surface area contributed by atoms with Crippen LogP contribution in [0.4, 0.5) is 5.69 Å². The molecule has 0 saturated heterocycles. The number of nitro groups is 1. The van der Waals surface area contributed by atoms with Crippen molar-refractivity contribution in [1.82, 2.24) is 0 Å². The second-order valence-electron chi connectivity index (χ2n) is 8.19. The summed E-state index contributed by atoms with van der Waals surface area (Å²) in [6.45, 7) is 4.47. The Labute approximate surface area is 241 Å². The standard InChI is InChI=1S/C20H19NO11.C4H9O.Na/c1-28-10-30-14-7-17(31-11-29-2)19(15(22)9-16(23)20(24)25)18(8-14)32-13-5-3-12(4-6-13)21(26)27;1-4(2,3)5;/h3-8H,9-11H2,1-2H3,(H,24,25);1-3H3;/q;-1;+1. The molecule has 0 aliphatic rings. The van der Waals surface area contributed by atoms with Crippen LogP contribution in [0.15, 0.2) is 36.4 Å². The Balaban J connectivity index is 0.00000208. The third-order valence-electron chi connectivity index (χ3n) is 3.83. The van der Waals surface area contributed by atoms with E-state index in [0.717, 1.165) is 0 Å². The Morgan fingerprint density at radius 3 is 1.89 bits per heavy atom. The van der Waals surface area contributed by atoms with Crippen molar-refractivity contribution >= 4 is 23.2 Å². The summed E-state index contributed by atoms with van der Waals surface area (Å²) in [7, 11) is 2.74. The molecule has 0 aliphatic heterocycles. The van der Waals surface area contributed by atoms with Gasteiger partial charge in [0.2, 0.25) is 5.78 Å². The number of carbonyl (C=O) groups is 3. The normalized spacial score (nSPS) is 10.3. The van der Waals surface area contributed by atoms with Gasteiger partial charge in [0.25, 0.3) is 5.69 Å². The Hall–Kier alpha value is -3.07. The number of ether oxygens (including phenoxy) is 5. The van der Waals surface area contributed by atoms with E-state index in [0.29, 0.717) is 0 Å². The number of Topliss-reactive ketones (excluding diaryl/α,β-unsaturated/α-hetero) is 2. The largest absolute Gasteiger partial charge is 1.00 e. The van der Waals surface area contributed by atoms with E-state index in [4.69, 9.17) is 28.8 Å². The number of methoxy groups -OCH3 is 2. The molecule has 13 nitrogen and oxygen atoms in total. The van der Waals surface area contributed by atoms with Crippen molar-refractivity contribution < 1.29 is 82.8 Å². The van der Waals surface area contributed by atoms with E-state index in [1.54, 1.807) is 20.8 Å². The van der Waals surface area contributed by atoms with Gasteiger partial charge >= 0.3 is 35.5 Å². The van der Waals surface area contributed by atoms with Gasteiger partial charge in [0.15, 0.2) is 19.4 Å². The van der Waals surface area contributed by atoms with Crippen LogP contribution in [0, 0.1) is 10.1 Å². The molecule has 202 valence electrons. The minimum atomic E-state index is -1.77. The van der Waals surface area contributed by atoms with E-state index in [1.165, 1.54) is 50.6 Å². The van der Waals surface area contributed by atoms with Crippen LogP contribution in [0.2, 0.25) is 0 Å². The molecule has 0 bridgehead atoms. The first-order valence-electron chi connectivity index (χ1n) is 10.6. The molecule has 0 radical (unpaired) electrons. The summed E-state index contributed by atoms with van der Waals surface area (Å²) in [5.74, 6) is -3.93. The second kappa shape index (κ2) is 16.7. The van der Waals surface area contributed by atoms with Gasteiger partial charge in [-0.25, -0.2) is 4.79 Å². The van der Waals surface area contributed by atoms with Crippen LogP contribution >= 0.6 is 0 Å². The summed E-state index contributed by atoms with van der Waals surface area (Å²) in [4.78, 5) is 45.5. The van der Waals surface area contributed by atoms with Crippen LogP contribution in [0.3, 0.4) is 0 Å². The summed E-state index contributed by atoms with van der Waals surface area (Å²) < 4.78 is 26.2. The maximum atomic E-state index is 12.8. The predicted molar refractivity (Wildman–Crippen MR) is 126 cm³/mol. The van der Waals surface area contributed by atoms with Crippen LogP contribution in [-0.2, 0) is 19.1 Å². The van der Waals surface area contributed by atoms with Crippen molar-refractivity contribution in [2.75, 3.05) is 27.8 Å². The molecule has 2 aromatic carbocycles. The van der Waals surface area contributed by atoms with Gasteiger partial charge in [0, 0.05) is 38.5 Å². The minimum absolute atomic E-state index is 0. The van der Waals surface area contributed by atoms with Gasteiger partial charge in [-0.2, -0.15) is 0 Å². The van der Waals surface area contributed by atoms with E-state index >= 15 is 0 Å². The van der Waals surface area contributed by atoms with E-state index in [-0.39, 0.29) is 77.4 Å². The molecule has 0 fully saturated rings. The van der Waals surface area contributed by atoms with E-state index in [1.807, 2.05) is 0 Å². The van der Waals surface area contributed by atoms with Crippen LogP contribution in [0.1, 0.15) is 37.6 Å². The Morgan fingerprint density at radius 1 is 0.921 bits per heavy atom. The summed E-state index contributed by atoms with van der Waals surface area (Å²) in [5.41, 5.74) is -1.17. The number of non-ortho nitro benzene ring substituents is 1. The number of nitrogens with zero attached hydrogens (tertiary/aromatic N) is 1. The van der Waals surface area contributed by atoms with Crippen LogP contribution in [0.25, 0.3) is 0 Å². The molecule has 0 unspecified atom stereocenters. The van der Waals surface area contributed by atoms with E-state index < -0.39 is 34.5 Å². The molecule has 0 aliphatic carbocycles. The summed E-state index contributed by atoms with van der Waals surface area (Å²) >= 11 is 0. The van der Waals surface area contributed by atoms with Crippen LogP contribution < -0.4 is 48.9 Å². The fraction of sp³-hybridized carbons (Fsp3) is 0.375. The quantitative estimate of drug-likeness (QED) is 0.0662. The van der Waals surface area contributed by atoms with Crippen molar-refractivity contribution in [2.45, 2.75) is 32.8 Å². The van der Waals surface area contributed by atoms with Crippen molar-refractivity contribution in [3.05, 3.63) is 52.1 Å². The number of carboxylic acids is 1. The van der Waals surface area contributed by atoms with E-state index in [9.17, 15) is 29.6 Å². The molecular formula is C24H28NNaO12. The zero-order chi connectivity index (χ0) is 28.2. The van der Waals surface area contributed by atoms with Crippen molar-refractivity contribution in [1.29, 1.82) is 0 Å². The number of aliphatic carboxylic acids is 1. The number of nitro benzene ring substituents is 1. The molecule has 0 amide bonds. The van der Waals surface area contributed by atoms with Crippen molar-refractivity contribution in [3.63, 3.8) is 0 Å². The number of hydrogen-bond acceptors (Lipinski definition) is 11. The first kappa shape index (κ1) is 34.9. The monoisotopic (exact) mass is 545 g/mol. The molecule has 1 N–H and O–H groups in total. The number of benzene rings is 2. The van der Waals surface area contributed by atoms with Gasteiger partial charge < -0.3 is 33.9 Å². The number of rotatable bonds is 13. The topological polar surface area (TPSA) is 184 Å².